The Balaban J connectivity index is 1.61. The van der Waals surface area contributed by atoms with Gasteiger partial charge in [0.15, 0.2) is 0 Å². The number of hydrogen-bond acceptors (Lipinski definition) is 5. The second-order valence-electron chi connectivity index (χ2n) is 11.2. The zero-order valence-electron chi connectivity index (χ0n) is 22.2. The maximum Gasteiger partial charge on any atom is 0.219 e. The number of aliphatic hydroxyl groups is 2. The molecule has 36 heavy (non-hydrogen) atoms. The van der Waals surface area contributed by atoms with Crippen molar-refractivity contribution in [2.24, 2.45) is 11.3 Å². The van der Waals surface area contributed by atoms with Gasteiger partial charge in [0.1, 0.15) is 11.7 Å². The van der Waals surface area contributed by atoms with Crippen LogP contribution in [-0.2, 0) is 10.4 Å². The molecule has 2 fully saturated rings. The molecule has 2 saturated heterocycles. The van der Waals surface area contributed by atoms with Crippen LogP contribution < -0.4 is 0 Å². The highest BCUT2D eigenvalue weighted by atomic mass is 16.3. The number of carbonyl (C=O) groups excluding carboxylic acids is 1. The summed E-state index contributed by atoms with van der Waals surface area (Å²) >= 11 is 0. The van der Waals surface area contributed by atoms with Crippen molar-refractivity contribution in [3.05, 3.63) is 65.0 Å². The van der Waals surface area contributed by atoms with E-state index in [0.717, 1.165) is 31.5 Å². The van der Waals surface area contributed by atoms with Crippen LogP contribution in [0.15, 0.2) is 42.7 Å². The molecule has 1 aromatic carbocycles. The summed E-state index contributed by atoms with van der Waals surface area (Å²) in [5.41, 5.74) is 1.87. The number of pyridine rings is 1. The maximum atomic E-state index is 12.4. The van der Waals surface area contributed by atoms with E-state index in [4.69, 9.17) is 0 Å². The van der Waals surface area contributed by atoms with Gasteiger partial charge < -0.3 is 20.0 Å². The van der Waals surface area contributed by atoms with Crippen molar-refractivity contribution in [3.63, 3.8) is 0 Å². The Morgan fingerprint density at radius 2 is 1.78 bits per heavy atom. The number of piperidine rings is 1. The number of rotatable bonds is 5. The smallest absolute Gasteiger partial charge is 0.219 e. The topological polar surface area (TPSA) is 76.9 Å². The van der Waals surface area contributed by atoms with Crippen LogP contribution in [0.25, 0.3) is 0 Å². The fourth-order valence-corrected chi connectivity index (χ4v) is 5.86. The number of carbonyl (C=O) groups is 1. The van der Waals surface area contributed by atoms with Gasteiger partial charge in [-0.05, 0) is 48.9 Å². The van der Waals surface area contributed by atoms with Crippen molar-refractivity contribution in [2.45, 2.75) is 58.2 Å². The third kappa shape index (κ3) is 5.06. The molecule has 3 heterocycles. The highest BCUT2D eigenvalue weighted by molar-refractivity contribution is 5.73. The molecule has 2 aromatic rings. The summed E-state index contributed by atoms with van der Waals surface area (Å²) in [7, 11) is 2.06. The highest BCUT2D eigenvalue weighted by Crippen LogP contribution is 2.50. The largest absolute Gasteiger partial charge is 0.380 e. The number of amides is 1. The summed E-state index contributed by atoms with van der Waals surface area (Å²) in [5.74, 6) is 6.63. The molecular formula is C30H39N3O3. The lowest BCUT2D eigenvalue weighted by Crippen LogP contribution is -2.63. The van der Waals surface area contributed by atoms with Crippen molar-refractivity contribution in [1.82, 2.24) is 14.8 Å². The zero-order valence-corrected chi connectivity index (χ0v) is 22.2. The molecular weight excluding hydrogens is 450 g/mol. The molecule has 192 valence electrons. The minimum absolute atomic E-state index is 0.0464. The van der Waals surface area contributed by atoms with E-state index in [1.807, 2.05) is 23.1 Å². The molecule has 1 aromatic heterocycles. The minimum atomic E-state index is -1.22. The fraction of sp³-hybridized carbons (Fsp3) is 0.533. The van der Waals surface area contributed by atoms with Crippen molar-refractivity contribution >= 4 is 5.91 Å². The van der Waals surface area contributed by atoms with E-state index < -0.39 is 11.7 Å². The maximum absolute atomic E-state index is 12.4. The van der Waals surface area contributed by atoms with Gasteiger partial charge >= 0.3 is 0 Å². The SMILES string of the molecule is CC(=O)N1CCC(C(O)C#Cc2cncc([C@@](O)(c3ccc(C(C)C)cc3)C3(C)CN(C)C3)c2)CC1. The Morgan fingerprint density at radius 3 is 2.33 bits per heavy atom. The number of nitrogens with zero attached hydrogens (tertiary/aromatic N) is 3. The number of likely N-dealkylation sites (tertiary alicyclic amines) is 2. The normalized spacial score (nSPS) is 20.7. The molecule has 0 aliphatic carbocycles. The lowest BCUT2D eigenvalue weighted by atomic mass is 9.62. The van der Waals surface area contributed by atoms with E-state index in [9.17, 15) is 15.0 Å². The molecule has 2 aliphatic heterocycles. The van der Waals surface area contributed by atoms with Gasteiger partial charge in [-0.15, -0.1) is 0 Å². The lowest BCUT2D eigenvalue weighted by molar-refractivity contribution is -0.130. The molecule has 6 nitrogen and oxygen atoms in total. The summed E-state index contributed by atoms with van der Waals surface area (Å²) in [5, 5.41) is 23.1. The van der Waals surface area contributed by atoms with Crippen LogP contribution >= 0.6 is 0 Å². The Morgan fingerprint density at radius 1 is 1.14 bits per heavy atom. The van der Waals surface area contributed by atoms with Crippen LogP contribution in [-0.4, -0.2) is 70.2 Å². The van der Waals surface area contributed by atoms with Gasteiger partial charge in [-0.3, -0.25) is 9.78 Å². The Bertz CT molecular complexity index is 1140. The number of benzene rings is 1. The van der Waals surface area contributed by atoms with Gasteiger partial charge in [0.05, 0.1) is 0 Å². The van der Waals surface area contributed by atoms with E-state index in [0.29, 0.717) is 30.1 Å². The standard InChI is InChI=1S/C30H39N3O3/c1-21(2)24-7-9-26(10-8-24)30(36,29(4)19-32(5)20-29)27-16-23(17-31-18-27)6-11-28(35)25-12-14-33(15-13-25)22(3)34/h7-10,16-18,21,25,28,35-36H,12-15,19-20H2,1-5H3/t28?,30-/m0/s1. The Kier molecular flexibility index (Phi) is 7.56. The minimum Gasteiger partial charge on any atom is -0.380 e. The summed E-state index contributed by atoms with van der Waals surface area (Å²) in [6, 6.07) is 10.2. The molecule has 2 aliphatic rings. The molecule has 2 N–H and O–H groups in total. The third-order valence-electron chi connectivity index (χ3n) is 8.06. The van der Waals surface area contributed by atoms with E-state index in [1.165, 1.54) is 5.56 Å². The zero-order chi connectivity index (χ0) is 26.1. The molecule has 6 heteroatoms. The van der Waals surface area contributed by atoms with Gasteiger partial charge in [-0.1, -0.05) is 56.9 Å². The van der Waals surface area contributed by atoms with Crippen molar-refractivity contribution in [3.8, 4) is 11.8 Å². The molecule has 0 radical (unpaired) electrons. The van der Waals surface area contributed by atoms with E-state index >= 15 is 0 Å². The van der Waals surface area contributed by atoms with E-state index in [-0.39, 0.29) is 17.2 Å². The average molecular weight is 490 g/mol. The Hall–Kier alpha value is -2.72. The van der Waals surface area contributed by atoms with Gasteiger partial charge in [-0.2, -0.15) is 0 Å². The van der Waals surface area contributed by atoms with Crippen molar-refractivity contribution in [2.75, 3.05) is 33.2 Å². The number of aromatic nitrogens is 1. The first-order valence-electron chi connectivity index (χ1n) is 13.0. The van der Waals surface area contributed by atoms with Crippen LogP contribution in [0.5, 0.6) is 0 Å². The van der Waals surface area contributed by atoms with Crippen LogP contribution in [0.1, 0.15) is 68.7 Å². The van der Waals surface area contributed by atoms with Gasteiger partial charge in [0.2, 0.25) is 5.91 Å². The van der Waals surface area contributed by atoms with Crippen LogP contribution in [0.3, 0.4) is 0 Å². The van der Waals surface area contributed by atoms with Crippen LogP contribution in [0.2, 0.25) is 0 Å². The molecule has 2 atom stereocenters. The summed E-state index contributed by atoms with van der Waals surface area (Å²) < 4.78 is 0. The van der Waals surface area contributed by atoms with Crippen LogP contribution in [0.4, 0.5) is 0 Å². The first-order valence-corrected chi connectivity index (χ1v) is 13.0. The average Bonchev–Trinajstić information content (AvgIpc) is 2.86. The molecule has 0 saturated carbocycles. The predicted octanol–water partition coefficient (Wildman–Crippen LogP) is 3.36. The summed E-state index contributed by atoms with van der Waals surface area (Å²) in [6.07, 6.45) is 4.14. The van der Waals surface area contributed by atoms with Crippen molar-refractivity contribution < 1.29 is 15.0 Å². The van der Waals surface area contributed by atoms with E-state index in [1.54, 1.807) is 19.3 Å². The quantitative estimate of drug-likeness (QED) is 0.630. The van der Waals surface area contributed by atoms with Gasteiger partial charge in [0.25, 0.3) is 0 Å². The molecule has 4 rings (SSSR count). The first kappa shape index (κ1) is 26.3. The number of aliphatic hydroxyl groups excluding tert-OH is 1. The first-order chi connectivity index (χ1) is 17.0. The highest BCUT2D eigenvalue weighted by Gasteiger charge is 2.55. The van der Waals surface area contributed by atoms with Gasteiger partial charge in [0, 0.05) is 62.0 Å². The Labute approximate surface area is 215 Å². The molecule has 1 unspecified atom stereocenters. The second-order valence-corrected chi connectivity index (χ2v) is 11.2. The van der Waals surface area contributed by atoms with Crippen LogP contribution in [0, 0.1) is 23.2 Å². The number of hydrogen-bond donors (Lipinski definition) is 2. The van der Waals surface area contributed by atoms with Gasteiger partial charge in [-0.25, -0.2) is 0 Å². The molecule has 0 bridgehead atoms. The summed E-state index contributed by atoms with van der Waals surface area (Å²) in [6.45, 7) is 10.9. The fourth-order valence-electron chi connectivity index (χ4n) is 5.86. The lowest BCUT2D eigenvalue weighted by Gasteiger charge is -2.55. The molecule has 0 spiro atoms. The third-order valence-corrected chi connectivity index (χ3v) is 8.06. The summed E-state index contributed by atoms with van der Waals surface area (Å²) in [4.78, 5) is 20.0. The second kappa shape index (κ2) is 10.3. The molecule has 1 amide bonds. The van der Waals surface area contributed by atoms with Crippen molar-refractivity contribution in [1.29, 1.82) is 0 Å². The monoisotopic (exact) mass is 489 g/mol. The predicted molar refractivity (Wildman–Crippen MR) is 141 cm³/mol. The van der Waals surface area contributed by atoms with E-state index in [2.05, 4.69) is 61.7 Å².